The normalized spacial score (nSPS) is 9.40. The third-order valence-corrected chi connectivity index (χ3v) is 2.16. The van der Waals surface area contributed by atoms with E-state index >= 15 is 0 Å². The third-order valence-electron chi connectivity index (χ3n) is 1.27. The molecule has 0 N–H and O–H groups in total. The van der Waals surface area contributed by atoms with Gasteiger partial charge in [0.15, 0.2) is 5.43 Å². The molecule has 0 radical (unpaired) electrons. The summed E-state index contributed by atoms with van der Waals surface area (Å²) in [4.78, 5) is 10.8. The van der Waals surface area contributed by atoms with E-state index in [9.17, 15) is 4.79 Å². The van der Waals surface area contributed by atoms with Crippen LogP contribution in [0.4, 0.5) is 0 Å². The number of halogens is 1. The molecule has 0 saturated heterocycles. The fourth-order valence-corrected chi connectivity index (χ4v) is 0.893. The van der Waals surface area contributed by atoms with E-state index in [1.165, 1.54) is 6.07 Å². The molecule has 0 aliphatic heterocycles. The molecule has 1 aromatic rings. The average molecular weight is 199 g/mol. The molecule has 1 aromatic carbocycles. The fourth-order valence-electron chi connectivity index (χ4n) is 0.629. The second-order valence-electron chi connectivity index (χ2n) is 2.10. The van der Waals surface area contributed by atoms with Crippen molar-refractivity contribution in [1.82, 2.24) is 0 Å². The highest BCUT2D eigenvalue weighted by atomic mass is 79.9. The van der Waals surface area contributed by atoms with Crippen molar-refractivity contribution in [2.24, 2.45) is 0 Å². The Kier molecular flexibility index (Phi) is 2.22. The summed E-state index contributed by atoms with van der Waals surface area (Å²) in [6.45, 7) is 1.95. The summed E-state index contributed by atoms with van der Waals surface area (Å²) in [5.74, 6) is 0. The van der Waals surface area contributed by atoms with Crippen molar-refractivity contribution in [3.8, 4) is 0 Å². The molecule has 0 bridgehead atoms. The maximum absolute atomic E-state index is 10.8. The zero-order valence-corrected chi connectivity index (χ0v) is 7.18. The van der Waals surface area contributed by atoms with Crippen LogP contribution < -0.4 is 5.43 Å². The molecule has 0 heterocycles. The lowest BCUT2D eigenvalue weighted by atomic mass is 10.3. The molecule has 52 valence electrons. The van der Waals surface area contributed by atoms with Crippen molar-refractivity contribution in [3.63, 3.8) is 0 Å². The van der Waals surface area contributed by atoms with Gasteiger partial charge in [0.2, 0.25) is 0 Å². The van der Waals surface area contributed by atoms with Crippen molar-refractivity contribution >= 4 is 15.9 Å². The predicted octanol–water partition coefficient (Wildman–Crippen LogP) is 2.12. The second-order valence-corrected chi connectivity index (χ2v) is 2.95. The van der Waals surface area contributed by atoms with Crippen LogP contribution in [0.15, 0.2) is 33.5 Å². The number of aryl methyl sites for hydroxylation is 1. The lowest BCUT2D eigenvalue weighted by molar-refractivity contribution is 1.47. The Balaban J connectivity index is 3.42. The van der Waals surface area contributed by atoms with E-state index in [4.69, 9.17) is 0 Å². The highest BCUT2D eigenvalue weighted by Gasteiger charge is 1.88. The standard InChI is InChI=1S/C8H7BrO/c1-6-2-3-7(10)4-5-8(6)9/h2-5H,1H3. The minimum absolute atomic E-state index is 0.0359. The second kappa shape index (κ2) is 2.97. The Morgan fingerprint density at radius 1 is 1.20 bits per heavy atom. The van der Waals surface area contributed by atoms with Crippen LogP contribution >= 0.6 is 15.9 Å². The first-order chi connectivity index (χ1) is 4.70. The van der Waals surface area contributed by atoms with Gasteiger partial charge in [0.05, 0.1) is 0 Å². The molecular weight excluding hydrogens is 192 g/mol. The SMILES string of the molecule is Cc1ccc(=O)ccc1Br. The first kappa shape index (κ1) is 7.48. The van der Waals surface area contributed by atoms with Gasteiger partial charge in [0, 0.05) is 4.47 Å². The van der Waals surface area contributed by atoms with Crippen LogP contribution in [0.25, 0.3) is 0 Å². The lowest BCUT2D eigenvalue weighted by Gasteiger charge is -1.84. The Morgan fingerprint density at radius 3 is 2.50 bits per heavy atom. The molecule has 10 heavy (non-hydrogen) atoms. The lowest BCUT2D eigenvalue weighted by Crippen LogP contribution is -1.87. The smallest absolute Gasteiger partial charge is 0.178 e. The van der Waals surface area contributed by atoms with Crippen LogP contribution in [0.1, 0.15) is 5.56 Å². The summed E-state index contributed by atoms with van der Waals surface area (Å²) in [7, 11) is 0. The Labute approximate surface area is 67.8 Å². The summed E-state index contributed by atoms with van der Waals surface area (Å²) >= 11 is 3.32. The molecule has 1 nitrogen and oxygen atoms in total. The molecule has 0 unspecified atom stereocenters. The van der Waals surface area contributed by atoms with Gasteiger partial charge < -0.3 is 0 Å². The van der Waals surface area contributed by atoms with Crippen LogP contribution in [-0.2, 0) is 0 Å². The van der Waals surface area contributed by atoms with E-state index in [1.807, 2.05) is 6.92 Å². The molecule has 0 aliphatic rings. The minimum Gasteiger partial charge on any atom is -0.290 e. The molecule has 1 rings (SSSR count). The molecule has 0 atom stereocenters. The largest absolute Gasteiger partial charge is 0.290 e. The molecule has 0 aromatic heterocycles. The summed E-state index contributed by atoms with van der Waals surface area (Å²) in [5.41, 5.74) is 1.11. The molecule has 0 aliphatic carbocycles. The zero-order valence-electron chi connectivity index (χ0n) is 5.60. The van der Waals surface area contributed by atoms with Crippen LogP contribution in [0.2, 0.25) is 0 Å². The third kappa shape index (κ3) is 1.67. The highest BCUT2D eigenvalue weighted by molar-refractivity contribution is 9.10. The number of rotatable bonds is 0. The van der Waals surface area contributed by atoms with Crippen LogP contribution in [0.5, 0.6) is 0 Å². The van der Waals surface area contributed by atoms with Gasteiger partial charge in [-0.1, -0.05) is 22.0 Å². The van der Waals surface area contributed by atoms with Crippen molar-refractivity contribution in [3.05, 3.63) is 44.5 Å². The van der Waals surface area contributed by atoms with Gasteiger partial charge in [-0.15, -0.1) is 0 Å². The van der Waals surface area contributed by atoms with E-state index in [2.05, 4.69) is 15.9 Å². The predicted molar refractivity (Wildman–Crippen MR) is 45.1 cm³/mol. The van der Waals surface area contributed by atoms with E-state index in [1.54, 1.807) is 18.2 Å². The van der Waals surface area contributed by atoms with Crippen LogP contribution in [0.3, 0.4) is 0 Å². The van der Waals surface area contributed by atoms with Gasteiger partial charge in [0.25, 0.3) is 0 Å². The number of hydrogen-bond acceptors (Lipinski definition) is 1. The molecule has 0 spiro atoms. The van der Waals surface area contributed by atoms with Crippen LogP contribution in [0, 0.1) is 6.92 Å². The maximum atomic E-state index is 10.8. The summed E-state index contributed by atoms with van der Waals surface area (Å²) in [6, 6.07) is 6.65. The van der Waals surface area contributed by atoms with Crippen LogP contribution in [-0.4, -0.2) is 0 Å². The van der Waals surface area contributed by atoms with Gasteiger partial charge in [-0.05, 0) is 30.7 Å². The van der Waals surface area contributed by atoms with E-state index in [0.717, 1.165) is 10.0 Å². The first-order valence-electron chi connectivity index (χ1n) is 2.96. The maximum Gasteiger partial charge on any atom is 0.178 e. The molecule has 0 fully saturated rings. The van der Waals surface area contributed by atoms with E-state index < -0.39 is 0 Å². The van der Waals surface area contributed by atoms with Gasteiger partial charge in [0.1, 0.15) is 0 Å². The summed E-state index contributed by atoms with van der Waals surface area (Å²) in [5, 5.41) is 0. The highest BCUT2D eigenvalue weighted by Crippen LogP contribution is 2.10. The van der Waals surface area contributed by atoms with Crippen molar-refractivity contribution in [1.29, 1.82) is 0 Å². The minimum atomic E-state index is 0.0359. The average Bonchev–Trinajstić information content (AvgIpc) is 2.04. The monoisotopic (exact) mass is 198 g/mol. The summed E-state index contributed by atoms with van der Waals surface area (Å²) in [6.07, 6.45) is 0. The van der Waals surface area contributed by atoms with Gasteiger partial charge in [-0.2, -0.15) is 0 Å². The van der Waals surface area contributed by atoms with Gasteiger partial charge >= 0.3 is 0 Å². The fraction of sp³-hybridized carbons (Fsp3) is 0.125. The summed E-state index contributed by atoms with van der Waals surface area (Å²) < 4.78 is 0.967. The first-order valence-corrected chi connectivity index (χ1v) is 3.76. The molecule has 0 saturated carbocycles. The van der Waals surface area contributed by atoms with Crippen molar-refractivity contribution in [2.45, 2.75) is 6.92 Å². The quantitative estimate of drug-likeness (QED) is 0.625. The van der Waals surface area contributed by atoms with Gasteiger partial charge in [-0.3, -0.25) is 4.79 Å². The van der Waals surface area contributed by atoms with E-state index in [0.29, 0.717) is 0 Å². The molecule has 0 amide bonds. The van der Waals surface area contributed by atoms with Gasteiger partial charge in [-0.25, -0.2) is 0 Å². The number of hydrogen-bond donors (Lipinski definition) is 0. The van der Waals surface area contributed by atoms with Crippen molar-refractivity contribution in [2.75, 3.05) is 0 Å². The topological polar surface area (TPSA) is 17.1 Å². The van der Waals surface area contributed by atoms with E-state index in [-0.39, 0.29) is 5.43 Å². The molecule has 2 heteroatoms. The molecular formula is C8H7BrO. The Bertz CT molecular complexity index is 266. The zero-order chi connectivity index (χ0) is 7.56. The Hall–Kier alpha value is -0.630. The van der Waals surface area contributed by atoms with Crippen molar-refractivity contribution < 1.29 is 0 Å². The Morgan fingerprint density at radius 2 is 1.80 bits per heavy atom.